The highest BCUT2D eigenvalue weighted by atomic mass is 16.5. The molecule has 1 aromatic rings. The lowest BCUT2D eigenvalue weighted by Crippen LogP contribution is -2.01. The Hall–Kier alpha value is -1.31. The molecule has 0 bridgehead atoms. The van der Waals surface area contributed by atoms with Crippen molar-refractivity contribution in [2.75, 3.05) is 7.11 Å². The van der Waals surface area contributed by atoms with Crippen LogP contribution >= 0.6 is 0 Å². The van der Waals surface area contributed by atoms with Gasteiger partial charge in [-0.3, -0.25) is 4.79 Å². The molecule has 80 valence electrons. The fraction of sp³-hybridized carbons (Fsp3) is 0.462. The zero-order valence-electron chi connectivity index (χ0n) is 9.19. The standard InChI is InChI=1S/C13H16O2/c1-9-3-5-10(6-4-9)12-7-11(12)8-13(14)15-2/h3-6,11-12H,7-8H2,1-2H3/t11-,12-/m1/s1. The molecular weight excluding hydrogens is 188 g/mol. The molecule has 0 radical (unpaired) electrons. The molecule has 1 aliphatic carbocycles. The second-order valence-corrected chi connectivity index (χ2v) is 4.29. The summed E-state index contributed by atoms with van der Waals surface area (Å²) in [7, 11) is 1.45. The zero-order chi connectivity index (χ0) is 10.8. The number of hydrogen-bond donors (Lipinski definition) is 0. The molecule has 0 amide bonds. The highest BCUT2D eigenvalue weighted by Crippen LogP contribution is 2.49. The summed E-state index contributed by atoms with van der Waals surface area (Å²) in [4.78, 5) is 11.1. The first-order chi connectivity index (χ1) is 7.20. The smallest absolute Gasteiger partial charge is 0.305 e. The van der Waals surface area contributed by atoms with Crippen molar-refractivity contribution < 1.29 is 9.53 Å². The SMILES string of the molecule is COC(=O)C[C@H]1C[C@@H]1c1ccc(C)cc1. The van der Waals surface area contributed by atoms with Crippen LogP contribution in [0.4, 0.5) is 0 Å². The van der Waals surface area contributed by atoms with E-state index in [0.29, 0.717) is 18.3 Å². The van der Waals surface area contributed by atoms with Crippen LogP contribution in [0.15, 0.2) is 24.3 Å². The Bertz CT molecular complexity index is 353. The van der Waals surface area contributed by atoms with Crippen molar-refractivity contribution in [1.82, 2.24) is 0 Å². The van der Waals surface area contributed by atoms with Crippen LogP contribution in [-0.4, -0.2) is 13.1 Å². The van der Waals surface area contributed by atoms with Gasteiger partial charge in [0.15, 0.2) is 0 Å². The number of aryl methyl sites for hydroxylation is 1. The fourth-order valence-electron chi connectivity index (χ4n) is 1.99. The monoisotopic (exact) mass is 204 g/mol. The number of ether oxygens (including phenoxy) is 1. The molecule has 0 N–H and O–H groups in total. The minimum absolute atomic E-state index is 0.0883. The van der Waals surface area contributed by atoms with Crippen molar-refractivity contribution in [3.63, 3.8) is 0 Å². The minimum Gasteiger partial charge on any atom is -0.469 e. The maximum atomic E-state index is 11.1. The summed E-state index contributed by atoms with van der Waals surface area (Å²) in [6.07, 6.45) is 1.69. The normalized spacial score (nSPS) is 23.6. The van der Waals surface area contributed by atoms with E-state index in [1.54, 1.807) is 0 Å². The van der Waals surface area contributed by atoms with Crippen LogP contribution in [-0.2, 0) is 9.53 Å². The molecule has 0 aromatic heterocycles. The molecule has 1 fully saturated rings. The van der Waals surface area contributed by atoms with Crippen LogP contribution in [0, 0.1) is 12.8 Å². The minimum atomic E-state index is -0.0883. The molecule has 1 aromatic carbocycles. The maximum absolute atomic E-state index is 11.1. The third-order valence-corrected chi connectivity index (χ3v) is 3.08. The third kappa shape index (κ3) is 2.38. The van der Waals surface area contributed by atoms with Crippen LogP contribution in [0.3, 0.4) is 0 Å². The number of benzene rings is 1. The molecule has 2 heteroatoms. The lowest BCUT2D eigenvalue weighted by Gasteiger charge is -2.00. The predicted molar refractivity (Wildman–Crippen MR) is 58.7 cm³/mol. The van der Waals surface area contributed by atoms with Gasteiger partial charge in [-0.1, -0.05) is 29.8 Å². The van der Waals surface area contributed by atoms with Gasteiger partial charge in [-0.25, -0.2) is 0 Å². The molecule has 0 unspecified atom stereocenters. The molecule has 2 atom stereocenters. The maximum Gasteiger partial charge on any atom is 0.305 e. The number of carbonyl (C=O) groups excluding carboxylic acids is 1. The van der Waals surface area contributed by atoms with Gasteiger partial charge in [0.05, 0.1) is 7.11 Å². The first-order valence-corrected chi connectivity index (χ1v) is 5.34. The van der Waals surface area contributed by atoms with E-state index >= 15 is 0 Å². The Morgan fingerprint density at radius 1 is 1.40 bits per heavy atom. The van der Waals surface area contributed by atoms with Gasteiger partial charge in [0.1, 0.15) is 0 Å². The molecule has 2 rings (SSSR count). The first-order valence-electron chi connectivity index (χ1n) is 5.34. The van der Waals surface area contributed by atoms with Crippen LogP contribution in [0.25, 0.3) is 0 Å². The molecular formula is C13H16O2. The van der Waals surface area contributed by atoms with Gasteiger partial charge >= 0.3 is 5.97 Å². The first kappa shape index (κ1) is 10.2. The number of rotatable bonds is 3. The number of carbonyl (C=O) groups is 1. The Kier molecular flexibility index (Phi) is 2.76. The van der Waals surface area contributed by atoms with E-state index in [0.717, 1.165) is 6.42 Å². The van der Waals surface area contributed by atoms with Crippen LogP contribution < -0.4 is 0 Å². The highest BCUT2D eigenvalue weighted by Gasteiger charge is 2.39. The highest BCUT2D eigenvalue weighted by molar-refractivity contribution is 5.70. The largest absolute Gasteiger partial charge is 0.469 e. The van der Waals surface area contributed by atoms with E-state index in [1.165, 1.54) is 18.2 Å². The number of hydrogen-bond acceptors (Lipinski definition) is 2. The lowest BCUT2D eigenvalue weighted by atomic mass is 10.1. The topological polar surface area (TPSA) is 26.3 Å². The van der Waals surface area contributed by atoms with Gasteiger partial charge in [0.25, 0.3) is 0 Å². The van der Waals surface area contributed by atoms with E-state index in [9.17, 15) is 4.79 Å². The summed E-state index contributed by atoms with van der Waals surface area (Å²) in [5.74, 6) is 0.986. The summed E-state index contributed by atoms with van der Waals surface area (Å²) >= 11 is 0. The summed E-state index contributed by atoms with van der Waals surface area (Å²) in [5.41, 5.74) is 2.64. The van der Waals surface area contributed by atoms with Gasteiger partial charge in [-0.15, -0.1) is 0 Å². The molecule has 0 aliphatic heterocycles. The summed E-state index contributed by atoms with van der Waals surface area (Å²) in [5, 5.41) is 0. The average Bonchev–Trinajstić information content (AvgIpc) is 2.98. The van der Waals surface area contributed by atoms with Crippen LogP contribution in [0.1, 0.15) is 29.9 Å². The lowest BCUT2D eigenvalue weighted by molar-refractivity contribution is -0.141. The van der Waals surface area contributed by atoms with Crippen molar-refractivity contribution in [2.24, 2.45) is 5.92 Å². The third-order valence-electron chi connectivity index (χ3n) is 3.08. The Labute approximate surface area is 90.3 Å². The predicted octanol–water partition coefficient (Wildman–Crippen LogP) is 2.66. The Balaban J connectivity index is 1.93. The molecule has 0 spiro atoms. The van der Waals surface area contributed by atoms with E-state index in [1.807, 2.05) is 0 Å². The van der Waals surface area contributed by atoms with E-state index in [-0.39, 0.29) is 5.97 Å². The second-order valence-electron chi connectivity index (χ2n) is 4.29. The second kappa shape index (κ2) is 4.05. The average molecular weight is 204 g/mol. The molecule has 2 nitrogen and oxygen atoms in total. The van der Waals surface area contributed by atoms with Crippen molar-refractivity contribution in [3.05, 3.63) is 35.4 Å². The van der Waals surface area contributed by atoms with Gasteiger partial charge in [-0.2, -0.15) is 0 Å². The molecule has 1 saturated carbocycles. The summed E-state index contributed by atoms with van der Waals surface area (Å²) < 4.78 is 4.67. The number of methoxy groups -OCH3 is 1. The van der Waals surface area contributed by atoms with Crippen molar-refractivity contribution in [2.45, 2.75) is 25.7 Å². The zero-order valence-corrected chi connectivity index (χ0v) is 9.19. The van der Waals surface area contributed by atoms with Crippen LogP contribution in [0.5, 0.6) is 0 Å². The molecule has 0 heterocycles. The Morgan fingerprint density at radius 2 is 2.07 bits per heavy atom. The summed E-state index contributed by atoms with van der Waals surface area (Å²) in [6.45, 7) is 2.09. The molecule has 0 saturated heterocycles. The quantitative estimate of drug-likeness (QED) is 0.707. The Morgan fingerprint density at radius 3 is 2.67 bits per heavy atom. The van der Waals surface area contributed by atoms with Gasteiger partial charge < -0.3 is 4.74 Å². The van der Waals surface area contributed by atoms with E-state index in [4.69, 9.17) is 0 Å². The fourth-order valence-corrected chi connectivity index (χ4v) is 1.99. The summed E-state index contributed by atoms with van der Waals surface area (Å²) in [6, 6.07) is 8.58. The van der Waals surface area contributed by atoms with Gasteiger partial charge in [-0.05, 0) is 30.7 Å². The molecule has 15 heavy (non-hydrogen) atoms. The number of esters is 1. The molecule has 1 aliphatic rings. The van der Waals surface area contributed by atoms with Gasteiger partial charge in [0, 0.05) is 6.42 Å². The van der Waals surface area contributed by atoms with E-state index in [2.05, 4.69) is 35.9 Å². The van der Waals surface area contributed by atoms with Gasteiger partial charge in [0.2, 0.25) is 0 Å². The van der Waals surface area contributed by atoms with E-state index < -0.39 is 0 Å². The van der Waals surface area contributed by atoms with Crippen molar-refractivity contribution >= 4 is 5.97 Å². The van der Waals surface area contributed by atoms with Crippen molar-refractivity contribution in [1.29, 1.82) is 0 Å². The van der Waals surface area contributed by atoms with Crippen LogP contribution in [0.2, 0.25) is 0 Å². The van der Waals surface area contributed by atoms with Crippen molar-refractivity contribution in [3.8, 4) is 0 Å².